The Balaban J connectivity index is 1.75. The Morgan fingerprint density at radius 3 is 2.88 bits per heavy atom. The van der Waals surface area contributed by atoms with Crippen LogP contribution < -0.4 is 5.32 Å². The molecular formula is C13H20N2O2. The van der Waals surface area contributed by atoms with Crippen LogP contribution in [0.25, 0.3) is 0 Å². The van der Waals surface area contributed by atoms with Crippen LogP contribution in [-0.2, 0) is 0 Å². The van der Waals surface area contributed by atoms with Crippen LogP contribution in [0.5, 0.6) is 0 Å². The van der Waals surface area contributed by atoms with E-state index in [-0.39, 0.29) is 5.91 Å². The zero-order chi connectivity index (χ0) is 12.1. The Morgan fingerprint density at radius 2 is 2.24 bits per heavy atom. The molecule has 0 bridgehead atoms. The third-order valence-electron chi connectivity index (χ3n) is 3.32. The van der Waals surface area contributed by atoms with Gasteiger partial charge in [-0.05, 0) is 45.0 Å². The zero-order valence-electron chi connectivity index (χ0n) is 10.3. The Kier molecular flexibility index (Phi) is 4.20. The predicted molar refractivity (Wildman–Crippen MR) is 65.9 cm³/mol. The van der Waals surface area contributed by atoms with Gasteiger partial charge in [0.15, 0.2) is 5.76 Å². The van der Waals surface area contributed by atoms with E-state index in [1.165, 1.54) is 25.5 Å². The van der Waals surface area contributed by atoms with Crippen LogP contribution in [0.3, 0.4) is 0 Å². The normalized spacial score (nSPS) is 18.9. The van der Waals surface area contributed by atoms with Gasteiger partial charge in [0.1, 0.15) is 0 Å². The molecule has 1 fully saturated rings. The monoisotopic (exact) mass is 236 g/mol. The molecule has 1 aliphatic heterocycles. The van der Waals surface area contributed by atoms with E-state index in [1.54, 1.807) is 12.1 Å². The van der Waals surface area contributed by atoms with Crippen LogP contribution in [0.15, 0.2) is 22.8 Å². The number of nitrogens with one attached hydrogen (secondary N) is 1. The summed E-state index contributed by atoms with van der Waals surface area (Å²) in [5.74, 6) is 0.259. The number of piperidine rings is 1. The highest BCUT2D eigenvalue weighted by molar-refractivity contribution is 5.91. The number of amides is 1. The topological polar surface area (TPSA) is 45.5 Å². The lowest BCUT2D eigenvalue weighted by Gasteiger charge is -2.32. The smallest absolute Gasteiger partial charge is 0.287 e. The number of likely N-dealkylation sites (tertiary alicyclic amines) is 1. The van der Waals surface area contributed by atoms with E-state index in [2.05, 4.69) is 17.1 Å². The Bertz CT molecular complexity index is 342. The van der Waals surface area contributed by atoms with E-state index >= 15 is 0 Å². The molecule has 1 saturated heterocycles. The van der Waals surface area contributed by atoms with E-state index < -0.39 is 0 Å². The number of carbonyl (C=O) groups is 1. The lowest BCUT2D eigenvalue weighted by molar-refractivity contribution is 0.0902. The van der Waals surface area contributed by atoms with Crippen molar-refractivity contribution in [2.45, 2.75) is 32.2 Å². The molecule has 94 valence electrons. The molecule has 4 nitrogen and oxygen atoms in total. The van der Waals surface area contributed by atoms with Gasteiger partial charge in [-0.2, -0.15) is 0 Å². The van der Waals surface area contributed by atoms with Crippen molar-refractivity contribution < 1.29 is 9.21 Å². The lowest BCUT2D eigenvalue weighted by Crippen LogP contribution is -2.44. The summed E-state index contributed by atoms with van der Waals surface area (Å²) in [6.07, 6.45) is 5.40. The molecule has 0 saturated carbocycles. The first-order valence-electron chi connectivity index (χ1n) is 6.33. The molecule has 1 aromatic rings. The molecule has 1 amide bonds. The maximum atomic E-state index is 11.7. The molecule has 0 aromatic carbocycles. The van der Waals surface area contributed by atoms with Gasteiger partial charge in [-0.15, -0.1) is 0 Å². The van der Waals surface area contributed by atoms with Crippen molar-refractivity contribution in [3.8, 4) is 0 Å². The molecule has 1 unspecified atom stereocenters. The largest absolute Gasteiger partial charge is 0.459 e. The number of nitrogens with zero attached hydrogens (tertiary/aromatic N) is 1. The second-order valence-electron chi connectivity index (χ2n) is 4.63. The first-order valence-corrected chi connectivity index (χ1v) is 6.33. The van der Waals surface area contributed by atoms with Crippen LogP contribution in [0.2, 0.25) is 0 Å². The third kappa shape index (κ3) is 3.33. The lowest BCUT2D eigenvalue weighted by atomic mass is 10.1. The molecule has 1 N–H and O–H groups in total. The van der Waals surface area contributed by atoms with Gasteiger partial charge in [-0.1, -0.05) is 6.42 Å². The van der Waals surface area contributed by atoms with Crippen molar-refractivity contribution in [1.29, 1.82) is 0 Å². The fourth-order valence-electron chi connectivity index (χ4n) is 2.22. The summed E-state index contributed by atoms with van der Waals surface area (Å²) in [5.41, 5.74) is 0. The molecular weight excluding hydrogens is 216 g/mol. The van der Waals surface area contributed by atoms with Crippen molar-refractivity contribution in [1.82, 2.24) is 10.2 Å². The fraction of sp³-hybridized carbons (Fsp3) is 0.615. The van der Waals surface area contributed by atoms with Gasteiger partial charge < -0.3 is 9.73 Å². The highest BCUT2D eigenvalue weighted by Crippen LogP contribution is 2.11. The fourth-order valence-corrected chi connectivity index (χ4v) is 2.22. The molecule has 0 spiro atoms. The maximum absolute atomic E-state index is 11.7. The Morgan fingerprint density at radius 1 is 1.47 bits per heavy atom. The molecule has 2 rings (SSSR count). The molecule has 2 heterocycles. The number of hydrogen-bond donors (Lipinski definition) is 1. The highest BCUT2D eigenvalue weighted by atomic mass is 16.3. The molecule has 1 atom stereocenters. The van der Waals surface area contributed by atoms with Gasteiger partial charge in [0.2, 0.25) is 0 Å². The summed E-state index contributed by atoms with van der Waals surface area (Å²) >= 11 is 0. The SMILES string of the molecule is CC(CNC(=O)c1ccco1)N1CCCCC1. The van der Waals surface area contributed by atoms with Gasteiger partial charge in [0, 0.05) is 12.6 Å². The van der Waals surface area contributed by atoms with Crippen LogP contribution in [-0.4, -0.2) is 36.5 Å². The average Bonchev–Trinajstić information content (AvgIpc) is 2.90. The van der Waals surface area contributed by atoms with Crippen molar-refractivity contribution in [2.75, 3.05) is 19.6 Å². The minimum Gasteiger partial charge on any atom is -0.459 e. The van der Waals surface area contributed by atoms with Gasteiger partial charge in [0.05, 0.1) is 6.26 Å². The van der Waals surface area contributed by atoms with Crippen molar-refractivity contribution >= 4 is 5.91 Å². The van der Waals surface area contributed by atoms with Gasteiger partial charge in [0.25, 0.3) is 5.91 Å². The van der Waals surface area contributed by atoms with Crippen LogP contribution in [0, 0.1) is 0 Å². The summed E-state index contributed by atoms with van der Waals surface area (Å²) in [6, 6.07) is 3.80. The van der Waals surface area contributed by atoms with Crippen molar-refractivity contribution in [3.05, 3.63) is 24.2 Å². The van der Waals surface area contributed by atoms with E-state index in [0.717, 1.165) is 13.1 Å². The maximum Gasteiger partial charge on any atom is 0.287 e. The van der Waals surface area contributed by atoms with E-state index in [0.29, 0.717) is 18.3 Å². The number of rotatable bonds is 4. The summed E-state index contributed by atoms with van der Waals surface area (Å²) in [5, 5.41) is 2.91. The van der Waals surface area contributed by atoms with Gasteiger partial charge in [-0.25, -0.2) is 0 Å². The minimum atomic E-state index is -0.126. The van der Waals surface area contributed by atoms with Crippen molar-refractivity contribution in [3.63, 3.8) is 0 Å². The van der Waals surface area contributed by atoms with E-state index in [1.807, 2.05) is 0 Å². The van der Waals surface area contributed by atoms with E-state index in [9.17, 15) is 4.79 Å². The summed E-state index contributed by atoms with van der Waals surface area (Å²) in [6.45, 7) is 5.14. The molecule has 1 aromatic heterocycles. The first-order chi connectivity index (χ1) is 8.27. The molecule has 17 heavy (non-hydrogen) atoms. The van der Waals surface area contributed by atoms with Gasteiger partial charge >= 0.3 is 0 Å². The van der Waals surface area contributed by atoms with Crippen LogP contribution in [0.4, 0.5) is 0 Å². The summed E-state index contributed by atoms with van der Waals surface area (Å²) in [7, 11) is 0. The minimum absolute atomic E-state index is 0.126. The number of carbonyl (C=O) groups excluding carboxylic acids is 1. The highest BCUT2D eigenvalue weighted by Gasteiger charge is 2.17. The van der Waals surface area contributed by atoms with E-state index in [4.69, 9.17) is 4.42 Å². The summed E-state index contributed by atoms with van der Waals surface area (Å²) in [4.78, 5) is 14.1. The van der Waals surface area contributed by atoms with Gasteiger partial charge in [-0.3, -0.25) is 9.69 Å². The second-order valence-corrected chi connectivity index (χ2v) is 4.63. The summed E-state index contributed by atoms with van der Waals surface area (Å²) < 4.78 is 5.05. The Hall–Kier alpha value is -1.29. The number of hydrogen-bond acceptors (Lipinski definition) is 3. The average molecular weight is 236 g/mol. The quantitative estimate of drug-likeness (QED) is 0.868. The Labute approximate surface area is 102 Å². The molecule has 1 aliphatic rings. The third-order valence-corrected chi connectivity index (χ3v) is 3.32. The standard InChI is InChI=1S/C13H20N2O2/c1-11(15-7-3-2-4-8-15)10-14-13(16)12-6-5-9-17-12/h5-6,9,11H,2-4,7-8,10H2,1H3,(H,14,16). The predicted octanol–water partition coefficient (Wildman–Crippen LogP) is 1.88. The van der Waals surface area contributed by atoms with Crippen LogP contribution in [0.1, 0.15) is 36.7 Å². The van der Waals surface area contributed by atoms with Crippen LogP contribution >= 0.6 is 0 Å². The van der Waals surface area contributed by atoms with Crippen molar-refractivity contribution in [2.24, 2.45) is 0 Å². The molecule has 0 radical (unpaired) electrons. The second kappa shape index (κ2) is 5.87. The molecule has 0 aliphatic carbocycles. The first kappa shape index (κ1) is 12.2. The number of furan rings is 1. The molecule has 4 heteroatoms. The zero-order valence-corrected chi connectivity index (χ0v) is 10.3.